The van der Waals surface area contributed by atoms with Crippen molar-refractivity contribution in [3.05, 3.63) is 11.9 Å². The molecule has 2 heterocycles. The molecule has 1 aromatic heterocycles. The van der Waals surface area contributed by atoms with Crippen LogP contribution in [0.25, 0.3) is 0 Å². The van der Waals surface area contributed by atoms with Crippen molar-refractivity contribution in [3.8, 4) is 0 Å². The fourth-order valence-corrected chi connectivity index (χ4v) is 1.92. The lowest BCUT2D eigenvalue weighted by Crippen LogP contribution is -2.17. The highest BCUT2D eigenvalue weighted by Crippen LogP contribution is 2.22. The van der Waals surface area contributed by atoms with Gasteiger partial charge in [0.15, 0.2) is 0 Å². The van der Waals surface area contributed by atoms with Crippen LogP contribution in [-0.4, -0.2) is 34.8 Å². The smallest absolute Gasteiger partial charge is 0.0730 e. The zero-order valence-corrected chi connectivity index (χ0v) is 8.20. The zero-order valence-electron chi connectivity index (χ0n) is 8.20. The third kappa shape index (κ3) is 1.42. The van der Waals surface area contributed by atoms with Crippen LogP contribution in [0.5, 0.6) is 0 Å². The van der Waals surface area contributed by atoms with Gasteiger partial charge in [-0.2, -0.15) is 5.10 Å². The lowest BCUT2D eigenvalue weighted by molar-refractivity contribution is 0.379. The number of hydrogen-bond acceptors (Lipinski definition) is 3. The van der Waals surface area contributed by atoms with Crippen molar-refractivity contribution >= 4 is 5.69 Å². The molecule has 1 aliphatic heterocycles. The number of likely N-dealkylation sites (tertiary alicyclic amines) is 1. The molecule has 0 radical (unpaired) electrons. The van der Waals surface area contributed by atoms with Crippen LogP contribution in [0.4, 0.5) is 5.69 Å². The first-order valence-electron chi connectivity index (χ1n) is 4.66. The fraction of sp³-hybridized carbons (Fsp3) is 0.667. The highest BCUT2D eigenvalue weighted by Gasteiger charge is 2.22. The number of nitrogen functional groups attached to an aromatic ring is 1. The van der Waals surface area contributed by atoms with Crippen LogP contribution >= 0.6 is 0 Å². The molecule has 0 saturated carbocycles. The van der Waals surface area contributed by atoms with Gasteiger partial charge in [-0.15, -0.1) is 0 Å². The van der Waals surface area contributed by atoms with Crippen molar-refractivity contribution in [2.24, 2.45) is 0 Å². The van der Waals surface area contributed by atoms with E-state index >= 15 is 0 Å². The van der Waals surface area contributed by atoms with Gasteiger partial charge in [0.1, 0.15) is 0 Å². The molecule has 0 bridgehead atoms. The van der Waals surface area contributed by atoms with Gasteiger partial charge in [-0.25, -0.2) is 0 Å². The van der Waals surface area contributed by atoms with Crippen LogP contribution in [0.15, 0.2) is 6.20 Å². The van der Waals surface area contributed by atoms with Crippen molar-refractivity contribution in [2.45, 2.75) is 19.4 Å². The van der Waals surface area contributed by atoms with Crippen molar-refractivity contribution in [1.29, 1.82) is 0 Å². The molecule has 13 heavy (non-hydrogen) atoms. The molecule has 1 atom stereocenters. The van der Waals surface area contributed by atoms with Gasteiger partial charge in [0.25, 0.3) is 0 Å². The SMILES string of the molecule is Cc1c(N)cnn1[C@H]1CCN(C)C1. The third-order valence-corrected chi connectivity index (χ3v) is 2.79. The maximum Gasteiger partial charge on any atom is 0.0730 e. The van der Waals surface area contributed by atoms with Crippen molar-refractivity contribution in [1.82, 2.24) is 14.7 Å². The summed E-state index contributed by atoms with van der Waals surface area (Å²) in [5, 5.41) is 4.30. The van der Waals surface area contributed by atoms with Gasteiger partial charge >= 0.3 is 0 Å². The van der Waals surface area contributed by atoms with Crippen LogP contribution < -0.4 is 5.73 Å². The summed E-state index contributed by atoms with van der Waals surface area (Å²) in [6.45, 7) is 4.27. The quantitative estimate of drug-likeness (QED) is 0.690. The van der Waals surface area contributed by atoms with E-state index in [9.17, 15) is 0 Å². The molecule has 0 amide bonds. The second-order valence-corrected chi connectivity index (χ2v) is 3.83. The molecule has 0 aliphatic carbocycles. The Morgan fingerprint density at radius 3 is 2.85 bits per heavy atom. The minimum atomic E-state index is 0.516. The minimum Gasteiger partial charge on any atom is -0.396 e. The molecule has 1 saturated heterocycles. The summed E-state index contributed by atoms with van der Waals surface area (Å²) in [6.07, 6.45) is 2.92. The highest BCUT2D eigenvalue weighted by atomic mass is 15.3. The molecule has 0 unspecified atom stereocenters. The van der Waals surface area contributed by atoms with Gasteiger partial charge in [0.05, 0.1) is 23.6 Å². The second kappa shape index (κ2) is 3.03. The average Bonchev–Trinajstić information content (AvgIpc) is 2.62. The molecular weight excluding hydrogens is 164 g/mol. The molecule has 1 aromatic rings. The maximum absolute atomic E-state index is 5.75. The maximum atomic E-state index is 5.75. The molecule has 72 valence electrons. The summed E-state index contributed by atoms with van der Waals surface area (Å²) < 4.78 is 2.05. The van der Waals surface area contributed by atoms with Gasteiger partial charge in [-0.3, -0.25) is 4.68 Å². The van der Waals surface area contributed by atoms with Crippen LogP contribution in [-0.2, 0) is 0 Å². The van der Waals surface area contributed by atoms with E-state index in [0.717, 1.165) is 24.5 Å². The van der Waals surface area contributed by atoms with E-state index in [2.05, 4.69) is 21.7 Å². The summed E-state index contributed by atoms with van der Waals surface area (Å²) >= 11 is 0. The first-order valence-corrected chi connectivity index (χ1v) is 4.66. The largest absolute Gasteiger partial charge is 0.396 e. The Bertz CT molecular complexity index is 305. The molecule has 2 N–H and O–H groups in total. The van der Waals surface area contributed by atoms with E-state index in [0.29, 0.717) is 6.04 Å². The molecule has 1 fully saturated rings. The van der Waals surface area contributed by atoms with Crippen LogP contribution in [0.2, 0.25) is 0 Å². The summed E-state index contributed by atoms with van der Waals surface area (Å²) in [4.78, 5) is 2.32. The number of nitrogens with zero attached hydrogens (tertiary/aromatic N) is 3. The number of likely N-dealkylation sites (N-methyl/N-ethyl adjacent to an activating group) is 1. The van der Waals surface area contributed by atoms with Crippen LogP contribution in [0, 0.1) is 6.92 Å². The Hall–Kier alpha value is -1.03. The third-order valence-electron chi connectivity index (χ3n) is 2.79. The highest BCUT2D eigenvalue weighted by molar-refractivity contribution is 5.39. The van der Waals surface area contributed by atoms with Crippen molar-refractivity contribution in [3.63, 3.8) is 0 Å². The predicted molar refractivity (Wildman–Crippen MR) is 52.5 cm³/mol. The van der Waals surface area contributed by atoms with Gasteiger partial charge in [0.2, 0.25) is 0 Å². The van der Waals surface area contributed by atoms with E-state index in [1.54, 1.807) is 6.20 Å². The van der Waals surface area contributed by atoms with Gasteiger partial charge in [0, 0.05) is 6.54 Å². The topological polar surface area (TPSA) is 47.1 Å². The van der Waals surface area contributed by atoms with Gasteiger partial charge < -0.3 is 10.6 Å². The van der Waals surface area contributed by atoms with Crippen LogP contribution in [0.3, 0.4) is 0 Å². The second-order valence-electron chi connectivity index (χ2n) is 3.83. The summed E-state index contributed by atoms with van der Waals surface area (Å²) in [6, 6.07) is 0.516. The summed E-state index contributed by atoms with van der Waals surface area (Å²) in [5.74, 6) is 0. The Labute approximate surface area is 78.3 Å². The Kier molecular flexibility index (Phi) is 2.00. The first-order chi connectivity index (χ1) is 6.18. The predicted octanol–water partition coefficient (Wildman–Crippen LogP) is 0.650. The van der Waals surface area contributed by atoms with Gasteiger partial charge in [-0.1, -0.05) is 0 Å². The zero-order chi connectivity index (χ0) is 9.42. The summed E-state index contributed by atoms with van der Waals surface area (Å²) in [5.41, 5.74) is 7.64. The lowest BCUT2D eigenvalue weighted by Gasteiger charge is -2.12. The van der Waals surface area contributed by atoms with E-state index in [1.165, 1.54) is 6.42 Å². The normalized spacial score (nSPS) is 24.0. The fourth-order valence-electron chi connectivity index (χ4n) is 1.92. The Morgan fingerprint density at radius 2 is 2.38 bits per heavy atom. The monoisotopic (exact) mass is 180 g/mol. The molecule has 4 nitrogen and oxygen atoms in total. The average molecular weight is 180 g/mol. The first kappa shape index (κ1) is 8.56. The number of nitrogens with two attached hydrogens (primary N) is 1. The molecule has 0 aromatic carbocycles. The number of hydrogen-bond donors (Lipinski definition) is 1. The van der Waals surface area contributed by atoms with E-state index in [1.807, 2.05) is 6.92 Å². The minimum absolute atomic E-state index is 0.516. The van der Waals surface area contributed by atoms with E-state index in [4.69, 9.17) is 5.73 Å². The molecule has 4 heteroatoms. The summed E-state index contributed by atoms with van der Waals surface area (Å²) in [7, 11) is 2.14. The molecule has 0 spiro atoms. The van der Waals surface area contributed by atoms with E-state index < -0.39 is 0 Å². The molecule has 2 rings (SSSR count). The number of rotatable bonds is 1. The van der Waals surface area contributed by atoms with Crippen molar-refractivity contribution < 1.29 is 0 Å². The molecule has 1 aliphatic rings. The number of aromatic nitrogens is 2. The van der Waals surface area contributed by atoms with Crippen LogP contribution in [0.1, 0.15) is 18.2 Å². The standard InChI is InChI=1S/C9H16N4/c1-7-9(10)5-11-13(7)8-3-4-12(2)6-8/h5,8H,3-4,6,10H2,1-2H3/t8-/m0/s1. The molecular formula is C9H16N4. The lowest BCUT2D eigenvalue weighted by atomic mass is 10.2. The van der Waals surface area contributed by atoms with Gasteiger partial charge in [-0.05, 0) is 26.9 Å². The van der Waals surface area contributed by atoms with Crippen molar-refractivity contribution in [2.75, 3.05) is 25.9 Å². The number of anilines is 1. The van der Waals surface area contributed by atoms with E-state index in [-0.39, 0.29) is 0 Å². The Balaban J connectivity index is 2.21. The Morgan fingerprint density at radius 1 is 1.62 bits per heavy atom.